The molecule has 0 spiro atoms. The highest BCUT2D eigenvalue weighted by Gasteiger charge is 2.20. The van der Waals surface area contributed by atoms with E-state index in [0.717, 1.165) is 38.5 Å². The average Bonchev–Trinajstić information content (AvgIpc) is 2.68. The van der Waals surface area contributed by atoms with Gasteiger partial charge in [0.15, 0.2) is 5.82 Å². The number of nitrogens with zero attached hydrogens (tertiary/aromatic N) is 4. The van der Waals surface area contributed by atoms with Crippen LogP contribution in [0.15, 0.2) is 41.5 Å². The molecule has 1 aliphatic heterocycles. The first-order valence-electron chi connectivity index (χ1n) is 9.57. The van der Waals surface area contributed by atoms with E-state index in [4.69, 9.17) is 4.74 Å². The zero-order valence-corrected chi connectivity index (χ0v) is 16.5. The first-order chi connectivity index (χ1) is 13.5. The summed E-state index contributed by atoms with van der Waals surface area (Å²) in [5, 5.41) is 9.87. The maximum atomic E-state index is 11.9. The Kier molecular flexibility index (Phi) is 7.02. The number of aliphatic hydroxyl groups is 1. The molecule has 2 N–H and O–H groups in total. The minimum Gasteiger partial charge on any atom is -0.491 e. The van der Waals surface area contributed by atoms with Crippen molar-refractivity contribution in [3.05, 3.63) is 52.6 Å². The molecule has 3 rings (SSSR count). The molecular weight excluding hydrogens is 358 g/mol. The Hall–Kier alpha value is -2.42. The van der Waals surface area contributed by atoms with Gasteiger partial charge in [0.2, 0.25) is 0 Å². The van der Waals surface area contributed by atoms with Crippen LogP contribution < -0.4 is 15.2 Å². The molecule has 0 aliphatic carbocycles. The first-order valence-corrected chi connectivity index (χ1v) is 9.57. The van der Waals surface area contributed by atoms with Gasteiger partial charge >= 0.3 is 0 Å². The normalized spacial score (nSPS) is 16.4. The number of nitrogens with one attached hydrogen (secondary N) is 1. The van der Waals surface area contributed by atoms with Gasteiger partial charge in [-0.3, -0.25) is 9.69 Å². The Bertz CT molecular complexity index is 785. The molecule has 1 aromatic carbocycles. The largest absolute Gasteiger partial charge is 0.491 e. The van der Waals surface area contributed by atoms with Gasteiger partial charge in [-0.2, -0.15) is 0 Å². The number of hydrogen-bond acceptors (Lipinski definition) is 7. The summed E-state index contributed by atoms with van der Waals surface area (Å²) in [6.45, 7) is 5.04. The van der Waals surface area contributed by atoms with E-state index in [2.05, 4.69) is 27.0 Å². The molecule has 0 saturated carbocycles. The van der Waals surface area contributed by atoms with Crippen LogP contribution in [-0.2, 0) is 6.54 Å². The highest BCUT2D eigenvalue weighted by molar-refractivity contribution is 5.36. The van der Waals surface area contributed by atoms with Crippen LogP contribution >= 0.6 is 0 Å². The smallest absolute Gasteiger partial charge is 0.290 e. The predicted octanol–water partition coefficient (Wildman–Crippen LogP) is 0.393. The summed E-state index contributed by atoms with van der Waals surface area (Å²) in [6.07, 6.45) is 2.67. The summed E-state index contributed by atoms with van der Waals surface area (Å²) in [6, 6.07) is 8.01. The van der Waals surface area contributed by atoms with Crippen LogP contribution in [0.25, 0.3) is 0 Å². The van der Waals surface area contributed by atoms with Gasteiger partial charge < -0.3 is 24.6 Å². The average molecular weight is 387 g/mol. The van der Waals surface area contributed by atoms with Crippen LogP contribution in [0.3, 0.4) is 0 Å². The summed E-state index contributed by atoms with van der Waals surface area (Å²) in [5.41, 5.74) is 1.08. The molecule has 8 heteroatoms. The van der Waals surface area contributed by atoms with Crippen molar-refractivity contribution in [1.82, 2.24) is 19.8 Å². The van der Waals surface area contributed by atoms with E-state index in [0.29, 0.717) is 12.4 Å². The monoisotopic (exact) mass is 387 g/mol. The quantitative estimate of drug-likeness (QED) is 0.678. The van der Waals surface area contributed by atoms with Crippen LogP contribution in [0.1, 0.15) is 5.56 Å². The minimum atomic E-state index is -0.502. The van der Waals surface area contributed by atoms with E-state index in [1.807, 2.05) is 36.0 Å². The molecule has 1 atom stereocenters. The zero-order chi connectivity index (χ0) is 19.9. The van der Waals surface area contributed by atoms with Crippen LogP contribution in [0.4, 0.5) is 5.82 Å². The summed E-state index contributed by atoms with van der Waals surface area (Å²) in [5.74, 6) is 1.26. The number of aromatic nitrogens is 2. The van der Waals surface area contributed by atoms with Gasteiger partial charge in [0, 0.05) is 51.7 Å². The Labute approximate surface area is 165 Å². The van der Waals surface area contributed by atoms with Crippen molar-refractivity contribution in [3.8, 4) is 5.75 Å². The molecule has 2 heterocycles. The number of aliphatic hydroxyl groups excluding tert-OH is 1. The second kappa shape index (κ2) is 9.68. The maximum Gasteiger partial charge on any atom is 0.290 e. The van der Waals surface area contributed by atoms with E-state index in [1.165, 1.54) is 5.56 Å². The van der Waals surface area contributed by atoms with Crippen molar-refractivity contribution in [2.24, 2.45) is 0 Å². The summed E-state index contributed by atoms with van der Waals surface area (Å²) in [7, 11) is 3.85. The summed E-state index contributed by atoms with van der Waals surface area (Å²) in [4.78, 5) is 25.1. The molecule has 0 bridgehead atoms. The molecular formula is C20H29N5O3. The SMILES string of the molecule is CN(C)C[C@H](O)COc1ccc(CN2CCN(c3ncc[nH]c3=O)CC2)cc1. The van der Waals surface area contributed by atoms with Gasteiger partial charge in [-0.15, -0.1) is 0 Å². The lowest BCUT2D eigenvalue weighted by Gasteiger charge is -2.34. The van der Waals surface area contributed by atoms with Gasteiger partial charge in [0.1, 0.15) is 18.5 Å². The number of rotatable bonds is 8. The van der Waals surface area contributed by atoms with E-state index in [-0.39, 0.29) is 12.2 Å². The van der Waals surface area contributed by atoms with E-state index in [1.54, 1.807) is 12.4 Å². The van der Waals surface area contributed by atoms with Crippen molar-refractivity contribution in [3.63, 3.8) is 0 Å². The highest BCUT2D eigenvalue weighted by atomic mass is 16.5. The molecule has 1 saturated heterocycles. The fraction of sp³-hybridized carbons (Fsp3) is 0.500. The number of benzene rings is 1. The van der Waals surface area contributed by atoms with E-state index >= 15 is 0 Å². The van der Waals surface area contributed by atoms with Gasteiger partial charge in [0.25, 0.3) is 5.56 Å². The van der Waals surface area contributed by atoms with Gasteiger partial charge in [-0.05, 0) is 31.8 Å². The Morgan fingerprint density at radius 2 is 1.93 bits per heavy atom. The minimum absolute atomic E-state index is 0.137. The molecule has 0 amide bonds. The van der Waals surface area contributed by atoms with Crippen LogP contribution in [-0.4, -0.2) is 84.4 Å². The molecule has 1 fully saturated rings. The number of hydrogen-bond donors (Lipinski definition) is 2. The lowest BCUT2D eigenvalue weighted by atomic mass is 10.2. The second-order valence-electron chi connectivity index (χ2n) is 7.38. The second-order valence-corrected chi connectivity index (χ2v) is 7.38. The van der Waals surface area contributed by atoms with Crippen LogP contribution in [0, 0.1) is 0 Å². The standard InChI is InChI=1S/C20H29N5O3/c1-23(2)14-17(26)15-28-18-5-3-16(4-6-18)13-24-9-11-25(12-10-24)19-20(27)22-8-7-21-19/h3-8,17,26H,9-15H2,1-2H3,(H,22,27)/t17-/m0/s1. The Morgan fingerprint density at radius 1 is 1.21 bits per heavy atom. The maximum absolute atomic E-state index is 11.9. The molecule has 0 radical (unpaired) electrons. The van der Waals surface area contributed by atoms with Crippen molar-refractivity contribution in [1.29, 1.82) is 0 Å². The number of likely N-dealkylation sites (N-methyl/N-ethyl adjacent to an activating group) is 1. The zero-order valence-electron chi connectivity index (χ0n) is 16.5. The number of ether oxygens (including phenoxy) is 1. The third-order valence-electron chi connectivity index (χ3n) is 4.71. The molecule has 28 heavy (non-hydrogen) atoms. The number of H-pyrrole nitrogens is 1. The van der Waals surface area contributed by atoms with Gasteiger partial charge in [-0.25, -0.2) is 4.98 Å². The molecule has 152 valence electrons. The Morgan fingerprint density at radius 3 is 2.57 bits per heavy atom. The summed E-state index contributed by atoms with van der Waals surface area (Å²) < 4.78 is 5.65. The fourth-order valence-corrected chi connectivity index (χ4v) is 3.30. The van der Waals surface area contributed by atoms with E-state index in [9.17, 15) is 9.90 Å². The van der Waals surface area contributed by atoms with Crippen molar-refractivity contribution in [2.75, 3.05) is 58.3 Å². The molecule has 1 aromatic heterocycles. The summed E-state index contributed by atoms with van der Waals surface area (Å²) >= 11 is 0. The lowest BCUT2D eigenvalue weighted by Crippen LogP contribution is -2.47. The number of anilines is 1. The molecule has 1 aliphatic rings. The Balaban J connectivity index is 1.45. The number of aromatic amines is 1. The molecule has 8 nitrogen and oxygen atoms in total. The number of piperazine rings is 1. The highest BCUT2D eigenvalue weighted by Crippen LogP contribution is 2.16. The topological polar surface area (TPSA) is 84.9 Å². The molecule has 0 unspecified atom stereocenters. The predicted molar refractivity (Wildman–Crippen MR) is 109 cm³/mol. The first kappa shape index (κ1) is 20.3. The van der Waals surface area contributed by atoms with Crippen molar-refractivity contribution < 1.29 is 9.84 Å². The van der Waals surface area contributed by atoms with Crippen LogP contribution in [0.5, 0.6) is 5.75 Å². The fourth-order valence-electron chi connectivity index (χ4n) is 3.30. The van der Waals surface area contributed by atoms with Crippen LogP contribution in [0.2, 0.25) is 0 Å². The molecule has 2 aromatic rings. The van der Waals surface area contributed by atoms with Gasteiger partial charge in [0.05, 0.1) is 0 Å². The third-order valence-corrected chi connectivity index (χ3v) is 4.71. The lowest BCUT2D eigenvalue weighted by molar-refractivity contribution is 0.0831. The van der Waals surface area contributed by atoms with Gasteiger partial charge in [-0.1, -0.05) is 12.1 Å². The van der Waals surface area contributed by atoms with Crippen molar-refractivity contribution >= 4 is 5.82 Å². The van der Waals surface area contributed by atoms with E-state index < -0.39 is 6.10 Å². The van der Waals surface area contributed by atoms with Crippen molar-refractivity contribution in [2.45, 2.75) is 12.6 Å². The third kappa shape index (κ3) is 5.79.